The van der Waals surface area contributed by atoms with E-state index in [-0.39, 0.29) is 5.56 Å². The molecule has 3 rings (SSSR count). The van der Waals surface area contributed by atoms with Crippen LogP contribution in [-0.2, 0) is 6.42 Å². The minimum Gasteiger partial charge on any atom is -0.478 e. The molecule has 0 amide bonds. The summed E-state index contributed by atoms with van der Waals surface area (Å²) in [7, 11) is 2.14. The van der Waals surface area contributed by atoms with Crippen LogP contribution in [-0.4, -0.2) is 46.1 Å². The third-order valence-corrected chi connectivity index (χ3v) is 4.08. The third kappa shape index (κ3) is 3.31. The lowest BCUT2D eigenvalue weighted by Crippen LogP contribution is -2.15. The Morgan fingerprint density at radius 3 is 3.00 bits per heavy atom. The first-order valence-electron chi connectivity index (χ1n) is 7.45. The molecular formula is C17H19N3O2. The van der Waals surface area contributed by atoms with Crippen molar-refractivity contribution in [1.29, 1.82) is 0 Å². The second-order valence-corrected chi connectivity index (χ2v) is 5.90. The van der Waals surface area contributed by atoms with Crippen LogP contribution in [0.3, 0.4) is 0 Å². The molecule has 2 aromatic rings. The van der Waals surface area contributed by atoms with Crippen LogP contribution in [0, 0.1) is 5.92 Å². The van der Waals surface area contributed by atoms with Crippen LogP contribution in [0.25, 0.3) is 11.3 Å². The maximum absolute atomic E-state index is 11.1. The fourth-order valence-corrected chi connectivity index (χ4v) is 2.94. The molecule has 1 aliphatic heterocycles. The van der Waals surface area contributed by atoms with Gasteiger partial charge in [-0.15, -0.1) is 0 Å². The molecule has 1 fully saturated rings. The summed E-state index contributed by atoms with van der Waals surface area (Å²) in [4.78, 5) is 22.3. The summed E-state index contributed by atoms with van der Waals surface area (Å²) in [5, 5.41) is 9.08. The predicted molar refractivity (Wildman–Crippen MR) is 83.7 cm³/mol. The average Bonchev–Trinajstić information content (AvgIpc) is 2.93. The predicted octanol–water partition coefficient (Wildman–Crippen LogP) is 2.34. The minimum absolute atomic E-state index is 0.266. The lowest BCUT2D eigenvalue weighted by Gasteiger charge is -2.10. The van der Waals surface area contributed by atoms with Gasteiger partial charge in [0.25, 0.3) is 0 Å². The van der Waals surface area contributed by atoms with Gasteiger partial charge >= 0.3 is 5.97 Å². The monoisotopic (exact) mass is 297 g/mol. The molecular weight excluding hydrogens is 278 g/mol. The second kappa shape index (κ2) is 6.23. The zero-order valence-corrected chi connectivity index (χ0v) is 12.6. The van der Waals surface area contributed by atoms with Gasteiger partial charge < -0.3 is 10.0 Å². The van der Waals surface area contributed by atoms with Crippen LogP contribution in [0.5, 0.6) is 0 Å². The van der Waals surface area contributed by atoms with Crippen molar-refractivity contribution >= 4 is 5.97 Å². The van der Waals surface area contributed by atoms with Crippen LogP contribution in [0.2, 0.25) is 0 Å². The number of hydrogen-bond acceptors (Lipinski definition) is 4. The molecule has 0 bridgehead atoms. The first-order chi connectivity index (χ1) is 10.6. The Bertz CT molecular complexity index is 687. The summed E-state index contributed by atoms with van der Waals surface area (Å²) in [6.45, 7) is 2.23. The number of rotatable bonds is 4. The number of aromatic nitrogens is 2. The zero-order valence-electron chi connectivity index (χ0n) is 12.6. The Kier molecular flexibility index (Phi) is 4.15. The third-order valence-electron chi connectivity index (χ3n) is 4.08. The highest BCUT2D eigenvalue weighted by molar-refractivity contribution is 5.89. The molecule has 22 heavy (non-hydrogen) atoms. The fraction of sp³-hybridized carbons (Fsp3) is 0.353. The number of carbonyl (C=O) groups is 1. The largest absolute Gasteiger partial charge is 0.478 e. The van der Waals surface area contributed by atoms with E-state index in [1.54, 1.807) is 24.4 Å². The summed E-state index contributed by atoms with van der Waals surface area (Å²) in [5.74, 6) is -0.306. The Balaban J connectivity index is 1.81. The number of hydrogen-bond donors (Lipinski definition) is 1. The van der Waals surface area contributed by atoms with Crippen molar-refractivity contribution in [2.75, 3.05) is 20.1 Å². The van der Waals surface area contributed by atoms with Gasteiger partial charge in [-0.1, -0.05) is 12.1 Å². The van der Waals surface area contributed by atoms with Gasteiger partial charge in [0.1, 0.15) is 0 Å². The molecule has 1 aromatic carbocycles. The van der Waals surface area contributed by atoms with Gasteiger partial charge in [0.15, 0.2) is 0 Å². The normalized spacial score (nSPS) is 18.5. The van der Waals surface area contributed by atoms with Gasteiger partial charge in [0.2, 0.25) is 0 Å². The van der Waals surface area contributed by atoms with E-state index in [9.17, 15) is 4.79 Å². The van der Waals surface area contributed by atoms with Gasteiger partial charge in [-0.25, -0.2) is 9.78 Å². The molecule has 0 saturated carbocycles. The van der Waals surface area contributed by atoms with Crippen LogP contribution in [0.4, 0.5) is 0 Å². The van der Waals surface area contributed by atoms with E-state index in [0.717, 1.165) is 36.5 Å². The van der Waals surface area contributed by atoms with E-state index >= 15 is 0 Å². The molecule has 1 N–H and O–H groups in total. The van der Waals surface area contributed by atoms with Crippen LogP contribution < -0.4 is 0 Å². The van der Waals surface area contributed by atoms with Gasteiger partial charge in [0.05, 0.1) is 23.1 Å². The molecule has 0 aliphatic carbocycles. The Hall–Kier alpha value is -2.27. The summed E-state index contributed by atoms with van der Waals surface area (Å²) >= 11 is 0. The summed E-state index contributed by atoms with van der Waals surface area (Å²) < 4.78 is 0. The molecule has 1 saturated heterocycles. The van der Waals surface area contributed by atoms with Gasteiger partial charge in [0, 0.05) is 18.3 Å². The quantitative estimate of drug-likeness (QED) is 0.938. The summed E-state index contributed by atoms with van der Waals surface area (Å²) in [6.07, 6.45) is 5.61. The average molecular weight is 297 g/mol. The molecule has 2 heterocycles. The zero-order chi connectivity index (χ0) is 15.5. The summed E-state index contributed by atoms with van der Waals surface area (Å²) in [6, 6.07) is 6.82. The number of benzene rings is 1. The molecule has 0 spiro atoms. The highest BCUT2D eigenvalue weighted by atomic mass is 16.4. The van der Waals surface area contributed by atoms with Crippen molar-refractivity contribution in [3.63, 3.8) is 0 Å². The molecule has 1 atom stereocenters. The number of aromatic carboxylic acids is 1. The van der Waals surface area contributed by atoms with Crippen molar-refractivity contribution in [3.8, 4) is 11.3 Å². The molecule has 1 aliphatic rings. The van der Waals surface area contributed by atoms with Gasteiger partial charge in [-0.2, -0.15) is 0 Å². The van der Waals surface area contributed by atoms with Crippen LogP contribution >= 0.6 is 0 Å². The fourth-order valence-electron chi connectivity index (χ4n) is 2.94. The second-order valence-electron chi connectivity index (χ2n) is 5.90. The lowest BCUT2D eigenvalue weighted by molar-refractivity contribution is 0.0697. The van der Waals surface area contributed by atoms with Crippen molar-refractivity contribution in [2.24, 2.45) is 5.92 Å². The maximum atomic E-state index is 11.1. The molecule has 114 valence electrons. The smallest absolute Gasteiger partial charge is 0.335 e. The van der Waals surface area contributed by atoms with Crippen molar-refractivity contribution in [1.82, 2.24) is 14.9 Å². The number of nitrogens with zero attached hydrogens (tertiary/aromatic N) is 3. The highest BCUT2D eigenvalue weighted by Crippen LogP contribution is 2.21. The Labute approximate surface area is 129 Å². The van der Waals surface area contributed by atoms with Crippen LogP contribution in [0.1, 0.15) is 22.5 Å². The molecule has 0 unspecified atom stereocenters. The Morgan fingerprint density at radius 1 is 1.41 bits per heavy atom. The summed E-state index contributed by atoms with van der Waals surface area (Å²) in [5.41, 5.74) is 2.75. The SMILES string of the molecule is CN1CC[C@H](Cc2cncc(-c3cccc(C(=O)O)c3)n2)C1. The molecule has 5 nitrogen and oxygen atoms in total. The van der Waals surface area contributed by atoms with Crippen LogP contribution in [0.15, 0.2) is 36.7 Å². The molecule has 1 aromatic heterocycles. The first kappa shape index (κ1) is 14.7. The standard InChI is InChI=1S/C17H19N3O2/c1-20-6-5-12(11-20)7-15-9-18-10-16(19-15)13-3-2-4-14(8-13)17(21)22/h2-4,8-10,12H,5-7,11H2,1H3,(H,21,22)/t12-/m1/s1. The van der Waals surface area contributed by atoms with Crippen molar-refractivity contribution < 1.29 is 9.90 Å². The van der Waals surface area contributed by atoms with E-state index in [2.05, 4.69) is 21.9 Å². The molecule has 0 radical (unpaired) electrons. The maximum Gasteiger partial charge on any atom is 0.335 e. The first-order valence-corrected chi connectivity index (χ1v) is 7.45. The van der Waals surface area contributed by atoms with E-state index in [1.165, 1.54) is 6.42 Å². The van der Waals surface area contributed by atoms with E-state index in [1.807, 2.05) is 12.3 Å². The number of likely N-dealkylation sites (tertiary alicyclic amines) is 1. The number of carboxylic acid groups (broad SMARTS) is 1. The van der Waals surface area contributed by atoms with Crippen molar-refractivity contribution in [3.05, 3.63) is 47.9 Å². The van der Waals surface area contributed by atoms with Gasteiger partial charge in [-0.3, -0.25) is 4.98 Å². The minimum atomic E-state index is -0.931. The number of carboxylic acids is 1. The topological polar surface area (TPSA) is 66.3 Å². The van der Waals surface area contributed by atoms with E-state index in [0.29, 0.717) is 5.92 Å². The van der Waals surface area contributed by atoms with E-state index in [4.69, 9.17) is 5.11 Å². The van der Waals surface area contributed by atoms with Gasteiger partial charge in [-0.05, 0) is 44.5 Å². The lowest BCUT2D eigenvalue weighted by atomic mass is 10.0. The highest BCUT2D eigenvalue weighted by Gasteiger charge is 2.20. The van der Waals surface area contributed by atoms with E-state index < -0.39 is 5.97 Å². The Morgan fingerprint density at radius 2 is 2.27 bits per heavy atom. The van der Waals surface area contributed by atoms with Crippen molar-refractivity contribution in [2.45, 2.75) is 12.8 Å². The molecule has 5 heteroatoms.